The van der Waals surface area contributed by atoms with E-state index < -0.39 is 10.0 Å². The molecule has 0 unspecified atom stereocenters. The average Bonchev–Trinajstić information content (AvgIpc) is 2.77. The minimum absolute atomic E-state index is 0.111. The molecule has 0 radical (unpaired) electrons. The lowest BCUT2D eigenvalue weighted by molar-refractivity contribution is -0.121. The number of carbonyl (C=O) groups is 1. The fraction of sp³-hybridized carbons (Fsp3) is 0.296. The third kappa shape index (κ3) is 6.45. The van der Waals surface area contributed by atoms with Gasteiger partial charge in [0.05, 0.1) is 18.0 Å². The maximum Gasteiger partial charge on any atom is 0.232 e. The van der Waals surface area contributed by atoms with Gasteiger partial charge in [-0.05, 0) is 55.5 Å². The first-order valence-corrected chi connectivity index (χ1v) is 13.0. The number of anilines is 1. The van der Waals surface area contributed by atoms with Gasteiger partial charge in [-0.1, -0.05) is 72.3 Å². The Morgan fingerprint density at radius 3 is 2.24 bits per heavy atom. The molecule has 0 bridgehead atoms. The van der Waals surface area contributed by atoms with Crippen molar-refractivity contribution in [2.45, 2.75) is 39.7 Å². The summed E-state index contributed by atoms with van der Waals surface area (Å²) in [6.07, 6.45) is 1.85. The fourth-order valence-corrected chi connectivity index (χ4v) is 4.96. The Bertz CT molecular complexity index is 1210. The standard InChI is InChI=1S/C27H32N2O3S/c1-20-11-8-15-24(19-20)27(23-13-6-5-7-14-23)28-26(30)17-10-18-29(33(4,31)32)25-16-9-12-21(2)22(25)3/h5-9,11-16,19,27H,10,17-18H2,1-4H3,(H,28,30)/t27-/m1/s1. The van der Waals surface area contributed by atoms with Crippen molar-refractivity contribution < 1.29 is 13.2 Å². The minimum Gasteiger partial charge on any atom is -0.345 e. The third-order valence-electron chi connectivity index (χ3n) is 5.82. The molecule has 0 fully saturated rings. The van der Waals surface area contributed by atoms with Gasteiger partial charge in [0, 0.05) is 13.0 Å². The third-order valence-corrected chi connectivity index (χ3v) is 7.00. The van der Waals surface area contributed by atoms with Gasteiger partial charge in [0.15, 0.2) is 0 Å². The zero-order valence-electron chi connectivity index (χ0n) is 19.7. The molecule has 33 heavy (non-hydrogen) atoms. The Hall–Kier alpha value is -3.12. The van der Waals surface area contributed by atoms with Crippen LogP contribution in [0.1, 0.15) is 46.7 Å². The van der Waals surface area contributed by atoms with Crippen LogP contribution in [-0.2, 0) is 14.8 Å². The van der Waals surface area contributed by atoms with Crippen LogP contribution in [0.4, 0.5) is 5.69 Å². The van der Waals surface area contributed by atoms with E-state index in [2.05, 4.69) is 11.4 Å². The van der Waals surface area contributed by atoms with Crippen molar-refractivity contribution in [2.24, 2.45) is 0 Å². The summed E-state index contributed by atoms with van der Waals surface area (Å²) in [5.74, 6) is -0.111. The maximum absolute atomic E-state index is 12.9. The normalized spacial score (nSPS) is 12.2. The molecule has 3 rings (SSSR count). The topological polar surface area (TPSA) is 66.5 Å². The maximum atomic E-state index is 12.9. The summed E-state index contributed by atoms with van der Waals surface area (Å²) in [5.41, 5.74) is 5.77. The summed E-state index contributed by atoms with van der Waals surface area (Å²) in [6.45, 7) is 6.15. The molecule has 0 aliphatic carbocycles. The first-order chi connectivity index (χ1) is 15.7. The number of carbonyl (C=O) groups excluding carboxylic acids is 1. The minimum atomic E-state index is -3.47. The smallest absolute Gasteiger partial charge is 0.232 e. The quantitative estimate of drug-likeness (QED) is 0.481. The second kappa shape index (κ2) is 10.7. The van der Waals surface area contributed by atoms with Gasteiger partial charge in [-0.15, -0.1) is 0 Å². The monoisotopic (exact) mass is 464 g/mol. The van der Waals surface area contributed by atoms with Gasteiger partial charge in [0.25, 0.3) is 0 Å². The van der Waals surface area contributed by atoms with Crippen LogP contribution in [0.15, 0.2) is 72.8 Å². The Morgan fingerprint density at radius 2 is 1.58 bits per heavy atom. The predicted octanol–water partition coefficient (Wildman–Crippen LogP) is 5.06. The van der Waals surface area contributed by atoms with E-state index in [1.54, 1.807) is 0 Å². The van der Waals surface area contributed by atoms with Crippen molar-refractivity contribution >= 4 is 21.6 Å². The number of hydrogen-bond acceptors (Lipinski definition) is 3. The van der Waals surface area contributed by atoms with E-state index in [0.29, 0.717) is 12.1 Å². The van der Waals surface area contributed by atoms with Crippen LogP contribution < -0.4 is 9.62 Å². The van der Waals surface area contributed by atoms with Crippen molar-refractivity contribution in [2.75, 3.05) is 17.1 Å². The summed E-state index contributed by atoms with van der Waals surface area (Å²) >= 11 is 0. The van der Waals surface area contributed by atoms with E-state index >= 15 is 0 Å². The second-order valence-electron chi connectivity index (χ2n) is 8.48. The van der Waals surface area contributed by atoms with E-state index in [4.69, 9.17) is 0 Å². The molecule has 0 spiro atoms. The van der Waals surface area contributed by atoms with Crippen LogP contribution in [0.25, 0.3) is 0 Å². The van der Waals surface area contributed by atoms with Crippen LogP contribution in [0.3, 0.4) is 0 Å². The van der Waals surface area contributed by atoms with Crippen molar-refractivity contribution in [3.63, 3.8) is 0 Å². The van der Waals surface area contributed by atoms with E-state index in [0.717, 1.165) is 27.8 Å². The molecule has 5 nitrogen and oxygen atoms in total. The number of amides is 1. The highest BCUT2D eigenvalue weighted by atomic mass is 32.2. The van der Waals surface area contributed by atoms with Crippen LogP contribution in [0.2, 0.25) is 0 Å². The molecule has 0 saturated heterocycles. The lowest BCUT2D eigenvalue weighted by atomic mass is 9.97. The van der Waals surface area contributed by atoms with Crippen LogP contribution in [0, 0.1) is 20.8 Å². The molecule has 1 N–H and O–H groups in total. The molecule has 6 heteroatoms. The number of nitrogens with one attached hydrogen (secondary N) is 1. The van der Waals surface area contributed by atoms with Crippen LogP contribution in [0.5, 0.6) is 0 Å². The molecule has 1 amide bonds. The molecule has 0 aliphatic heterocycles. The Balaban J connectivity index is 1.72. The molecule has 0 aliphatic rings. The van der Waals surface area contributed by atoms with Crippen LogP contribution in [-0.4, -0.2) is 27.1 Å². The summed E-state index contributed by atoms with van der Waals surface area (Å²) in [7, 11) is -3.47. The van der Waals surface area contributed by atoms with Crippen molar-refractivity contribution in [3.05, 3.63) is 101 Å². The molecule has 1 atom stereocenters. The van der Waals surface area contributed by atoms with Crippen molar-refractivity contribution in [3.8, 4) is 0 Å². The number of nitrogens with zero attached hydrogens (tertiary/aromatic N) is 1. The van der Waals surface area contributed by atoms with Gasteiger partial charge in [0.2, 0.25) is 15.9 Å². The van der Waals surface area contributed by atoms with Gasteiger partial charge >= 0.3 is 0 Å². The molecule has 0 saturated carbocycles. The summed E-state index contributed by atoms with van der Waals surface area (Å²) in [6, 6.07) is 23.3. The summed E-state index contributed by atoms with van der Waals surface area (Å²) in [5, 5.41) is 3.14. The van der Waals surface area contributed by atoms with Gasteiger partial charge in [-0.3, -0.25) is 9.10 Å². The largest absolute Gasteiger partial charge is 0.345 e. The SMILES string of the molecule is Cc1cccc([C@H](NC(=O)CCCN(c2cccc(C)c2C)S(C)(=O)=O)c2ccccc2)c1. The Morgan fingerprint density at radius 1 is 0.909 bits per heavy atom. The van der Waals surface area contributed by atoms with E-state index in [1.807, 2.05) is 87.5 Å². The molecule has 3 aromatic carbocycles. The highest BCUT2D eigenvalue weighted by molar-refractivity contribution is 7.92. The zero-order chi connectivity index (χ0) is 24.0. The lowest BCUT2D eigenvalue weighted by Crippen LogP contribution is -2.33. The zero-order valence-corrected chi connectivity index (χ0v) is 20.5. The highest BCUT2D eigenvalue weighted by Gasteiger charge is 2.21. The molecular weight excluding hydrogens is 432 g/mol. The van der Waals surface area contributed by atoms with E-state index in [-0.39, 0.29) is 24.9 Å². The second-order valence-corrected chi connectivity index (χ2v) is 10.4. The summed E-state index contributed by atoms with van der Waals surface area (Å²) in [4.78, 5) is 12.9. The molecule has 174 valence electrons. The van der Waals surface area contributed by atoms with Gasteiger partial charge in [-0.2, -0.15) is 0 Å². The lowest BCUT2D eigenvalue weighted by Gasteiger charge is -2.25. The molecule has 0 heterocycles. The number of hydrogen-bond donors (Lipinski definition) is 1. The average molecular weight is 465 g/mol. The van der Waals surface area contributed by atoms with Crippen molar-refractivity contribution in [1.82, 2.24) is 5.32 Å². The highest BCUT2D eigenvalue weighted by Crippen LogP contribution is 2.26. The van der Waals surface area contributed by atoms with E-state index in [9.17, 15) is 13.2 Å². The molecule has 0 aromatic heterocycles. The van der Waals surface area contributed by atoms with E-state index in [1.165, 1.54) is 10.6 Å². The molecule has 3 aromatic rings. The van der Waals surface area contributed by atoms with Crippen LogP contribution >= 0.6 is 0 Å². The fourth-order valence-electron chi connectivity index (χ4n) is 3.94. The number of benzene rings is 3. The van der Waals surface area contributed by atoms with Gasteiger partial charge in [0.1, 0.15) is 0 Å². The van der Waals surface area contributed by atoms with Crippen molar-refractivity contribution in [1.29, 1.82) is 0 Å². The Labute approximate surface area is 197 Å². The predicted molar refractivity (Wildman–Crippen MR) is 135 cm³/mol. The summed E-state index contributed by atoms with van der Waals surface area (Å²) < 4.78 is 26.4. The van der Waals surface area contributed by atoms with Gasteiger partial charge in [-0.25, -0.2) is 8.42 Å². The first-order valence-electron chi connectivity index (χ1n) is 11.1. The Kier molecular flexibility index (Phi) is 7.92. The number of aryl methyl sites for hydroxylation is 2. The number of rotatable bonds is 9. The van der Waals surface area contributed by atoms with Gasteiger partial charge < -0.3 is 5.32 Å². The first kappa shape index (κ1) is 24.5. The number of sulfonamides is 1. The molecular formula is C27H32N2O3S.